The van der Waals surface area contributed by atoms with Crippen LogP contribution in [0.2, 0.25) is 0 Å². The summed E-state index contributed by atoms with van der Waals surface area (Å²) in [6.07, 6.45) is 5.11. The standard InChI is InChI=1S/C28H33F3N2O/c1-20-4-2-3-5-26(20)22-16-18-33(19-17-22)25-13-11-24(12-14-25)32-27(34)15-8-21-6-9-23(10-7-21)28(29,30)31/h2-10,15,22,24-25H,11-14,16-19H2,1H3,(H,32,34)/b15-8+. The highest BCUT2D eigenvalue weighted by molar-refractivity contribution is 5.91. The van der Waals surface area contributed by atoms with Gasteiger partial charge in [-0.2, -0.15) is 13.2 Å². The number of benzene rings is 2. The largest absolute Gasteiger partial charge is 0.416 e. The predicted molar refractivity (Wildman–Crippen MR) is 129 cm³/mol. The van der Waals surface area contributed by atoms with Crippen molar-refractivity contribution in [3.8, 4) is 0 Å². The number of aryl methyl sites for hydroxylation is 1. The van der Waals surface area contributed by atoms with Crippen molar-refractivity contribution in [2.45, 2.75) is 69.6 Å². The molecule has 1 N–H and O–H groups in total. The van der Waals surface area contributed by atoms with E-state index in [-0.39, 0.29) is 11.9 Å². The van der Waals surface area contributed by atoms with Crippen LogP contribution in [0.4, 0.5) is 13.2 Å². The molecule has 0 spiro atoms. The molecule has 1 saturated carbocycles. The fraction of sp³-hybridized carbons (Fsp3) is 0.464. The smallest absolute Gasteiger partial charge is 0.350 e. The average molecular weight is 471 g/mol. The van der Waals surface area contributed by atoms with Gasteiger partial charge in [0, 0.05) is 18.2 Å². The summed E-state index contributed by atoms with van der Waals surface area (Å²) in [5.74, 6) is 0.465. The van der Waals surface area contributed by atoms with Crippen LogP contribution in [0, 0.1) is 6.92 Å². The highest BCUT2D eigenvalue weighted by atomic mass is 19.4. The maximum atomic E-state index is 12.7. The molecule has 1 saturated heterocycles. The molecule has 0 aromatic heterocycles. The number of hydrogen-bond acceptors (Lipinski definition) is 2. The van der Waals surface area contributed by atoms with Crippen LogP contribution >= 0.6 is 0 Å². The van der Waals surface area contributed by atoms with Crippen molar-refractivity contribution in [1.29, 1.82) is 0 Å². The summed E-state index contributed by atoms with van der Waals surface area (Å²) in [7, 11) is 0. The summed E-state index contributed by atoms with van der Waals surface area (Å²) in [6.45, 7) is 4.48. The summed E-state index contributed by atoms with van der Waals surface area (Å²) in [5.41, 5.74) is 2.77. The van der Waals surface area contributed by atoms with Crippen molar-refractivity contribution in [3.05, 3.63) is 76.9 Å². The molecule has 182 valence electrons. The van der Waals surface area contributed by atoms with Crippen LogP contribution in [0.25, 0.3) is 6.08 Å². The number of halogens is 3. The summed E-state index contributed by atoms with van der Waals surface area (Å²) >= 11 is 0. The molecule has 4 rings (SSSR count). The second-order valence-corrected chi connectivity index (χ2v) is 9.63. The molecule has 34 heavy (non-hydrogen) atoms. The lowest BCUT2D eigenvalue weighted by atomic mass is 9.84. The van der Waals surface area contributed by atoms with E-state index in [1.165, 1.54) is 42.2 Å². The van der Waals surface area contributed by atoms with Gasteiger partial charge in [0.25, 0.3) is 0 Å². The second kappa shape index (κ2) is 10.8. The first kappa shape index (κ1) is 24.5. The van der Waals surface area contributed by atoms with E-state index >= 15 is 0 Å². The molecule has 2 aromatic rings. The Morgan fingerprint density at radius 3 is 2.21 bits per heavy atom. The summed E-state index contributed by atoms with van der Waals surface area (Å²) in [5, 5.41) is 3.06. The second-order valence-electron chi connectivity index (χ2n) is 9.63. The first-order valence-corrected chi connectivity index (χ1v) is 12.2. The number of nitrogens with zero attached hydrogens (tertiary/aromatic N) is 1. The third-order valence-electron chi connectivity index (χ3n) is 7.38. The molecule has 1 aliphatic heterocycles. The molecule has 2 fully saturated rings. The van der Waals surface area contributed by atoms with Crippen molar-refractivity contribution in [3.63, 3.8) is 0 Å². The molecule has 0 bridgehead atoms. The van der Waals surface area contributed by atoms with E-state index in [0.29, 0.717) is 17.5 Å². The van der Waals surface area contributed by atoms with E-state index in [4.69, 9.17) is 0 Å². The Morgan fingerprint density at radius 1 is 0.941 bits per heavy atom. The van der Waals surface area contributed by atoms with Gasteiger partial charge in [-0.1, -0.05) is 36.4 Å². The number of carbonyl (C=O) groups is 1. The maximum Gasteiger partial charge on any atom is 0.416 e. The molecular weight excluding hydrogens is 437 g/mol. The van der Waals surface area contributed by atoms with Gasteiger partial charge in [-0.15, -0.1) is 0 Å². The van der Waals surface area contributed by atoms with E-state index in [2.05, 4.69) is 41.4 Å². The SMILES string of the molecule is Cc1ccccc1C1CCN(C2CCC(NC(=O)/C=C/c3ccc(C(F)(F)F)cc3)CC2)CC1. The van der Waals surface area contributed by atoms with Crippen molar-refractivity contribution < 1.29 is 18.0 Å². The van der Waals surface area contributed by atoms with Gasteiger partial charge in [0.15, 0.2) is 0 Å². The topological polar surface area (TPSA) is 32.3 Å². The van der Waals surface area contributed by atoms with Gasteiger partial charge in [-0.05, 0) is 99.4 Å². The Bertz CT molecular complexity index is 983. The minimum Gasteiger partial charge on any atom is -0.350 e. The van der Waals surface area contributed by atoms with Gasteiger partial charge in [-0.25, -0.2) is 0 Å². The fourth-order valence-corrected chi connectivity index (χ4v) is 5.41. The summed E-state index contributed by atoms with van der Waals surface area (Å²) < 4.78 is 38.0. The highest BCUT2D eigenvalue weighted by Crippen LogP contribution is 2.33. The van der Waals surface area contributed by atoms with Crippen molar-refractivity contribution in [2.75, 3.05) is 13.1 Å². The average Bonchev–Trinajstić information content (AvgIpc) is 2.83. The number of nitrogens with one attached hydrogen (secondary N) is 1. The number of rotatable bonds is 5. The molecule has 0 radical (unpaired) electrons. The monoisotopic (exact) mass is 470 g/mol. The van der Waals surface area contributed by atoms with Crippen LogP contribution in [0.1, 0.15) is 66.7 Å². The molecule has 1 aliphatic carbocycles. The molecule has 1 heterocycles. The first-order chi connectivity index (χ1) is 16.3. The van der Waals surface area contributed by atoms with E-state index in [9.17, 15) is 18.0 Å². The summed E-state index contributed by atoms with van der Waals surface area (Å²) in [4.78, 5) is 14.9. The number of piperidine rings is 1. The third kappa shape index (κ3) is 6.29. The molecule has 1 amide bonds. The Morgan fingerprint density at radius 2 is 1.59 bits per heavy atom. The van der Waals surface area contributed by atoms with Crippen LogP contribution in [-0.2, 0) is 11.0 Å². The predicted octanol–water partition coefficient (Wildman–Crippen LogP) is 6.33. The Labute approximate surface area is 200 Å². The van der Waals surface area contributed by atoms with E-state index < -0.39 is 11.7 Å². The number of amides is 1. The number of carbonyl (C=O) groups excluding carboxylic acids is 1. The lowest BCUT2D eigenvalue weighted by Crippen LogP contribution is -2.46. The van der Waals surface area contributed by atoms with Crippen LogP contribution in [0.15, 0.2) is 54.6 Å². The van der Waals surface area contributed by atoms with Crippen molar-refractivity contribution in [1.82, 2.24) is 10.2 Å². The highest BCUT2D eigenvalue weighted by Gasteiger charge is 2.31. The van der Waals surface area contributed by atoms with E-state index in [1.807, 2.05) is 0 Å². The lowest BCUT2D eigenvalue weighted by Gasteiger charge is -2.41. The number of likely N-dealkylation sites (tertiary alicyclic amines) is 1. The zero-order valence-electron chi connectivity index (χ0n) is 19.7. The molecular formula is C28H33F3N2O. The molecule has 3 nitrogen and oxygen atoms in total. The van der Waals surface area contributed by atoms with Gasteiger partial charge in [-0.3, -0.25) is 4.79 Å². The zero-order valence-corrected chi connectivity index (χ0v) is 19.7. The first-order valence-electron chi connectivity index (χ1n) is 12.2. The van der Waals surface area contributed by atoms with Gasteiger partial charge in [0.05, 0.1) is 5.56 Å². The van der Waals surface area contributed by atoms with Gasteiger partial charge in [0.1, 0.15) is 0 Å². The Kier molecular flexibility index (Phi) is 7.77. The number of hydrogen-bond donors (Lipinski definition) is 1. The Balaban J connectivity index is 1.19. The third-order valence-corrected chi connectivity index (χ3v) is 7.38. The van der Waals surface area contributed by atoms with Crippen LogP contribution in [-0.4, -0.2) is 36.0 Å². The summed E-state index contributed by atoms with van der Waals surface area (Å²) in [6, 6.07) is 14.3. The molecule has 2 aromatic carbocycles. The van der Waals surface area contributed by atoms with E-state index in [1.54, 1.807) is 6.08 Å². The van der Waals surface area contributed by atoms with Crippen LogP contribution in [0.3, 0.4) is 0 Å². The quantitative estimate of drug-likeness (QED) is 0.518. The van der Waals surface area contributed by atoms with Gasteiger partial charge < -0.3 is 10.2 Å². The normalized spacial score (nSPS) is 22.7. The minimum absolute atomic E-state index is 0.158. The molecule has 6 heteroatoms. The van der Waals surface area contributed by atoms with Crippen molar-refractivity contribution >= 4 is 12.0 Å². The molecule has 0 unspecified atom stereocenters. The zero-order chi connectivity index (χ0) is 24.1. The lowest BCUT2D eigenvalue weighted by molar-refractivity contribution is -0.137. The van der Waals surface area contributed by atoms with Gasteiger partial charge >= 0.3 is 6.18 Å². The number of alkyl halides is 3. The van der Waals surface area contributed by atoms with Crippen LogP contribution in [0.5, 0.6) is 0 Å². The van der Waals surface area contributed by atoms with Gasteiger partial charge in [0.2, 0.25) is 5.91 Å². The maximum absolute atomic E-state index is 12.7. The van der Waals surface area contributed by atoms with Crippen LogP contribution < -0.4 is 5.32 Å². The Hall–Kier alpha value is -2.60. The molecule has 0 atom stereocenters. The van der Waals surface area contributed by atoms with E-state index in [0.717, 1.165) is 50.9 Å². The van der Waals surface area contributed by atoms with Crippen molar-refractivity contribution in [2.24, 2.45) is 0 Å². The molecule has 2 aliphatic rings. The fourth-order valence-electron chi connectivity index (χ4n) is 5.41. The minimum atomic E-state index is -4.35.